The van der Waals surface area contributed by atoms with Gasteiger partial charge in [0, 0.05) is 11.5 Å². The number of hydrogen-bond donors (Lipinski definition) is 1. The third-order valence-electron chi connectivity index (χ3n) is 3.49. The van der Waals surface area contributed by atoms with Gasteiger partial charge in [-0.1, -0.05) is 24.4 Å². The molecule has 1 fully saturated rings. The van der Waals surface area contributed by atoms with E-state index in [9.17, 15) is 5.11 Å². The summed E-state index contributed by atoms with van der Waals surface area (Å²) in [6.45, 7) is 6.21. The second-order valence-corrected chi connectivity index (χ2v) is 6.23. The molecule has 1 heterocycles. The molecular formula is C13H21ClN2O. The maximum absolute atomic E-state index is 9.50. The van der Waals surface area contributed by atoms with Crippen molar-refractivity contribution in [1.29, 1.82) is 0 Å². The third kappa shape index (κ3) is 2.36. The molecule has 3 nitrogen and oxygen atoms in total. The molecule has 0 radical (unpaired) electrons. The fourth-order valence-corrected chi connectivity index (χ4v) is 3.01. The van der Waals surface area contributed by atoms with Gasteiger partial charge >= 0.3 is 0 Å². The van der Waals surface area contributed by atoms with Crippen molar-refractivity contribution in [1.82, 2.24) is 9.78 Å². The summed E-state index contributed by atoms with van der Waals surface area (Å²) in [7, 11) is 0. The second kappa shape index (κ2) is 4.62. The van der Waals surface area contributed by atoms with Crippen LogP contribution in [0.25, 0.3) is 0 Å². The first-order valence-corrected chi connectivity index (χ1v) is 6.71. The first kappa shape index (κ1) is 12.9. The monoisotopic (exact) mass is 256 g/mol. The van der Waals surface area contributed by atoms with E-state index in [1.807, 2.05) is 4.68 Å². The van der Waals surface area contributed by atoms with Crippen LogP contribution >= 0.6 is 11.6 Å². The van der Waals surface area contributed by atoms with Crippen LogP contribution in [0.3, 0.4) is 0 Å². The van der Waals surface area contributed by atoms with E-state index in [-0.39, 0.29) is 12.1 Å². The quantitative estimate of drug-likeness (QED) is 0.880. The van der Waals surface area contributed by atoms with Gasteiger partial charge in [-0.05, 0) is 33.6 Å². The van der Waals surface area contributed by atoms with Gasteiger partial charge in [0.05, 0.1) is 17.8 Å². The number of aromatic nitrogens is 2. The first-order chi connectivity index (χ1) is 7.95. The summed E-state index contributed by atoms with van der Waals surface area (Å²) in [4.78, 5) is 0. The standard InChI is InChI=1S/C13H21ClN2O/c1-13(2,3)16-12(14)10(8-17)11(15-16)9-6-4-5-7-9/h9,17H,4-8H2,1-3H3. The molecule has 1 aliphatic rings. The van der Waals surface area contributed by atoms with E-state index >= 15 is 0 Å². The van der Waals surface area contributed by atoms with Crippen molar-refractivity contribution in [3.05, 3.63) is 16.4 Å². The Morgan fingerprint density at radius 3 is 2.41 bits per heavy atom. The van der Waals surface area contributed by atoms with Gasteiger partial charge in [0.25, 0.3) is 0 Å². The predicted octanol–water partition coefficient (Wildman–Crippen LogP) is 3.44. The van der Waals surface area contributed by atoms with Crippen LogP contribution in [0.15, 0.2) is 0 Å². The molecular weight excluding hydrogens is 236 g/mol. The zero-order chi connectivity index (χ0) is 12.6. The Morgan fingerprint density at radius 1 is 1.35 bits per heavy atom. The Hall–Kier alpha value is -0.540. The molecule has 4 heteroatoms. The molecule has 96 valence electrons. The van der Waals surface area contributed by atoms with Crippen molar-refractivity contribution < 1.29 is 5.11 Å². The van der Waals surface area contributed by atoms with Crippen molar-refractivity contribution in [3.63, 3.8) is 0 Å². The lowest BCUT2D eigenvalue weighted by Gasteiger charge is -2.20. The van der Waals surface area contributed by atoms with Crippen LogP contribution in [-0.4, -0.2) is 14.9 Å². The number of aliphatic hydroxyl groups is 1. The van der Waals surface area contributed by atoms with Crippen LogP contribution in [-0.2, 0) is 12.1 Å². The lowest BCUT2D eigenvalue weighted by Crippen LogP contribution is -2.23. The SMILES string of the molecule is CC(C)(C)n1nc(C2CCCC2)c(CO)c1Cl. The van der Waals surface area contributed by atoms with Crippen LogP contribution in [0.5, 0.6) is 0 Å². The van der Waals surface area contributed by atoms with E-state index in [2.05, 4.69) is 25.9 Å². The van der Waals surface area contributed by atoms with Crippen LogP contribution in [0.4, 0.5) is 0 Å². The van der Waals surface area contributed by atoms with Crippen molar-refractivity contribution in [3.8, 4) is 0 Å². The average molecular weight is 257 g/mol. The van der Waals surface area contributed by atoms with Gasteiger partial charge in [0.1, 0.15) is 5.15 Å². The van der Waals surface area contributed by atoms with Gasteiger partial charge in [0.2, 0.25) is 0 Å². The van der Waals surface area contributed by atoms with Gasteiger partial charge in [-0.3, -0.25) is 0 Å². The van der Waals surface area contributed by atoms with Gasteiger partial charge in [-0.15, -0.1) is 0 Å². The molecule has 17 heavy (non-hydrogen) atoms. The molecule has 1 N–H and O–H groups in total. The van der Waals surface area contributed by atoms with E-state index in [4.69, 9.17) is 11.6 Å². The summed E-state index contributed by atoms with van der Waals surface area (Å²) in [6.07, 6.45) is 4.86. The lowest BCUT2D eigenvalue weighted by atomic mass is 10.0. The molecule has 0 aromatic carbocycles. The van der Waals surface area contributed by atoms with Crippen LogP contribution in [0.1, 0.15) is 63.6 Å². The summed E-state index contributed by atoms with van der Waals surface area (Å²) in [5.41, 5.74) is 1.70. The fraction of sp³-hybridized carbons (Fsp3) is 0.769. The Labute approximate surface area is 108 Å². The highest BCUT2D eigenvalue weighted by Gasteiger charge is 2.28. The highest BCUT2D eigenvalue weighted by molar-refractivity contribution is 6.30. The molecule has 0 bridgehead atoms. The molecule has 0 atom stereocenters. The number of hydrogen-bond acceptors (Lipinski definition) is 2. The zero-order valence-corrected chi connectivity index (χ0v) is 11.6. The van der Waals surface area contributed by atoms with Gasteiger partial charge in [0.15, 0.2) is 0 Å². The molecule has 1 saturated carbocycles. The Balaban J connectivity index is 2.44. The van der Waals surface area contributed by atoms with Crippen molar-refractivity contribution in [2.24, 2.45) is 0 Å². The number of rotatable bonds is 2. The fourth-order valence-electron chi connectivity index (χ4n) is 2.56. The van der Waals surface area contributed by atoms with E-state index in [1.54, 1.807) is 0 Å². The summed E-state index contributed by atoms with van der Waals surface area (Å²) >= 11 is 6.33. The normalized spacial score (nSPS) is 17.9. The Morgan fingerprint density at radius 2 is 1.94 bits per heavy atom. The van der Waals surface area contributed by atoms with Crippen molar-refractivity contribution >= 4 is 11.6 Å². The summed E-state index contributed by atoms with van der Waals surface area (Å²) in [5, 5.41) is 14.8. The van der Waals surface area contributed by atoms with Crippen LogP contribution in [0, 0.1) is 0 Å². The number of halogens is 1. The van der Waals surface area contributed by atoms with Gasteiger partial charge in [-0.2, -0.15) is 5.10 Å². The average Bonchev–Trinajstić information content (AvgIpc) is 2.82. The molecule has 0 aliphatic heterocycles. The van der Waals surface area contributed by atoms with Crippen LogP contribution in [0.2, 0.25) is 5.15 Å². The molecule has 0 amide bonds. The largest absolute Gasteiger partial charge is 0.391 e. The Bertz CT molecular complexity index is 400. The first-order valence-electron chi connectivity index (χ1n) is 6.33. The summed E-state index contributed by atoms with van der Waals surface area (Å²) in [6, 6.07) is 0. The molecule has 1 aliphatic carbocycles. The molecule has 1 aromatic heterocycles. The predicted molar refractivity (Wildman–Crippen MR) is 69.4 cm³/mol. The molecule has 0 spiro atoms. The molecule has 0 saturated heterocycles. The molecule has 2 rings (SSSR count). The maximum atomic E-state index is 9.50. The van der Waals surface area contributed by atoms with E-state index in [0.29, 0.717) is 11.1 Å². The Kier molecular flexibility index (Phi) is 3.50. The summed E-state index contributed by atoms with van der Waals surface area (Å²) < 4.78 is 1.84. The minimum absolute atomic E-state index is 0.0131. The number of nitrogens with zero attached hydrogens (tertiary/aromatic N) is 2. The van der Waals surface area contributed by atoms with Crippen molar-refractivity contribution in [2.75, 3.05) is 0 Å². The van der Waals surface area contributed by atoms with E-state index in [0.717, 1.165) is 11.3 Å². The second-order valence-electron chi connectivity index (χ2n) is 5.88. The smallest absolute Gasteiger partial charge is 0.133 e. The summed E-state index contributed by atoms with van der Waals surface area (Å²) in [5.74, 6) is 0.484. The topological polar surface area (TPSA) is 38.0 Å². The van der Waals surface area contributed by atoms with E-state index in [1.165, 1.54) is 25.7 Å². The molecule has 1 aromatic rings. The van der Waals surface area contributed by atoms with Crippen LogP contribution < -0.4 is 0 Å². The zero-order valence-electron chi connectivity index (χ0n) is 10.8. The molecule has 0 unspecified atom stereocenters. The van der Waals surface area contributed by atoms with Gasteiger partial charge in [-0.25, -0.2) is 4.68 Å². The van der Waals surface area contributed by atoms with Gasteiger partial charge < -0.3 is 5.11 Å². The third-order valence-corrected chi connectivity index (χ3v) is 3.88. The highest BCUT2D eigenvalue weighted by Crippen LogP contribution is 2.38. The van der Waals surface area contributed by atoms with Crippen molar-refractivity contribution in [2.45, 2.75) is 64.5 Å². The van der Waals surface area contributed by atoms with E-state index < -0.39 is 0 Å². The minimum atomic E-state index is -0.141. The number of aliphatic hydroxyl groups excluding tert-OH is 1. The lowest BCUT2D eigenvalue weighted by molar-refractivity contribution is 0.279. The highest BCUT2D eigenvalue weighted by atomic mass is 35.5. The minimum Gasteiger partial charge on any atom is -0.391 e. The maximum Gasteiger partial charge on any atom is 0.133 e.